The number of ether oxygens (including phenoxy) is 4. The summed E-state index contributed by atoms with van der Waals surface area (Å²) in [4.78, 5) is 18.3. The van der Waals surface area contributed by atoms with E-state index in [0.29, 0.717) is 39.5 Å². The van der Waals surface area contributed by atoms with Crippen molar-refractivity contribution in [3.05, 3.63) is 119 Å². The molecule has 1 aliphatic heterocycles. The van der Waals surface area contributed by atoms with Crippen molar-refractivity contribution < 1.29 is 28.6 Å². The van der Waals surface area contributed by atoms with Crippen LogP contribution in [0.15, 0.2) is 97.1 Å². The lowest BCUT2D eigenvalue weighted by atomic mass is 9.79. The van der Waals surface area contributed by atoms with Crippen LogP contribution < -0.4 is 0 Å². The number of nitrogens with zero attached hydrogens (tertiary/aromatic N) is 1. The largest absolute Gasteiger partial charge is 0.528 e. The van der Waals surface area contributed by atoms with Gasteiger partial charge in [-0.2, -0.15) is 0 Å². The summed E-state index contributed by atoms with van der Waals surface area (Å²) < 4.78 is 23.7. The molecular weight excluding hydrogens is 554 g/mol. The third-order valence-corrected chi connectivity index (χ3v) is 7.73. The van der Waals surface area contributed by atoms with Crippen LogP contribution in [0.5, 0.6) is 0 Å². The average molecular weight is 598 g/mol. The van der Waals surface area contributed by atoms with Crippen molar-refractivity contribution in [1.29, 1.82) is 0 Å². The molecule has 7 nitrogen and oxygen atoms in total. The monoisotopic (exact) mass is 597 g/mol. The Hall–Kier alpha value is -3.75. The highest BCUT2D eigenvalue weighted by Crippen LogP contribution is 2.36. The molecule has 4 aromatic carbocycles. The van der Waals surface area contributed by atoms with Crippen LogP contribution in [-0.2, 0) is 43.6 Å². The Morgan fingerprint density at radius 2 is 1.43 bits per heavy atom. The van der Waals surface area contributed by atoms with E-state index >= 15 is 0 Å². The highest BCUT2D eigenvalue weighted by Gasteiger charge is 2.40. The standard InChI is InChI=1S/C37H43NO6/c1-37(2,3)43-36(39)44-38-21-33(26-40-4)35(31-18-14-28(15-19-31)24-41-23-27-10-6-5-7-11-27)34(22-38)42-25-29-16-17-30-12-8-9-13-32(30)20-29/h5-20,33-35H,21-26H2,1-4H3. The zero-order chi connectivity index (χ0) is 30.9. The lowest BCUT2D eigenvalue weighted by Crippen LogP contribution is -2.51. The fourth-order valence-electron chi connectivity index (χ4n) is 5.76. The van der Waals surface area contributed by atoms with Crippen LogP contribution in [0.1, 0.15) is 48.9 Å². The van der Waals surface area contributed by atoms with Gasteiger partial charge in [0.2, 0.25) is 0 Å². The van der Waals surface area contributed by atoms with Gasteiger partial charge in [-0.3, -0.25) is 0 Å². The van der Waals surface area contributed by atoms with Crippen molar-refractivity contribution in [2.24, 2.45) is 5.92 Å². The molecule has 3 atom stereocenters. The Morgan fingerprint density at radius 1 is 0.773 bits per heavy atom. The van der Waals surface area contributed by atoms with Crippen LogP contribution in [0.4, 0.5) is 4.79 Å². The van der Waals surface area contributed by atoms with E-state index in [4.69, 9.17) is 23.8 Å². The summed E-state index contributed by atoms with van der Waals surface area (Å²) in [6.45, 7) is 8.36. The summed E-state index contributed by atoms with van der Waals surface area (Å²) in [6, 6.07) is 33.4. The van der Waals surface area contributed by atoms with Crippen LogP contribution in [0.2, 0.25) is 0 Å². The number of piperidine rings is 1. The minimum Gasteiger partial charge on any atom is -0.427 e. The average Bonchev–Trinajstić information content (AvgIpc) is 3.00. The van der Waals surface area contributed by atoms with Gasteiger partial charge in [-0.1, -0.05) is 91.0 Å². The van der Waals surface area contributed by atoms with Crippen molar-refractivity contribution in [3.8, 4) is 0 Å². The van der Waals surface area contributed by atoms with E-state index in [2.05, 4.69) is 66.7 Å². The Kier molecular flexibility index (Phi) is 10.7. The molecule has 0 radical (unpaired) electrons. The Bertz CT molecular complexity index is 1480. The van der Waals surface area contributed by atoms with Gasteiger partial charge in [-0.15, -0.1) is 5.06 Å². The van der Waals surface area contributed by atoms with Crippen LogP contribution >= 0.6 is 0 Å². The van der Waals surface area contributed by atoms with Gasteiger partial charge in [-0.25, -0.2) is 4.79 Å². The van der Waals surface area contributed by atoms with Crippen LogP contribution in [-0.4, -0.2) is 49.7 Å². The van der Waals surface area contributed by atoms with Gasteiger partial charge in [0.15, 0.2) is 0 Å². The van der Waals surface area contributed by atoms with Crippen LogP contribution in [0.25, 0.3) is 10.8 Å². The summed E-state index contributed by atoms with van der Waals surface area (Å²) in [6.07, 6.45) is -0.988. The van der Waals surface area contributed by atoms with E-state index in [9.17, 15) is 4.79 Å². The fourth-order valence-corrected chi connectivity index (χ4v) is 5.76. The number of benzene rings is 4. The molecule has 4 aromatic rings. The first kappa shape index (κ1) is 31.7. The molecule has 0 aliphatic carbocycles. The van der Waals surface area contributed by atoms with E-state index in [0.717, 1.165) is 22.3 Å². The number of carbonyl (C=O) groups excluding carboxylic acids is 1. The predicted octanol–water partition coefficient (Wildman–Crippen LogP) is 7.67. The van der Waals surface area contributed by atoms with E-state index in [-0.39, 0.29) is 17.9 Å². The molecule has 0 aromatic heterocycles. The van der Waals surface area contributed by atoms with E-state index in [1.807, 2.05) is 51.1 Å². The Labute approximate surface area is 260 Å². The molecule has 0 amide bonds. The van der Waals surface area contributed by atoms with Crippen molar-refractivity contribution in [2.45, 2.75) is 58.2 Å². The number of methoxy groups -OCH3 is 1. The molecule has 232 valence electrons. The zero-order valence-corrected chi connectivity index (χ0v) is 26.1. The quantitative estimate of drug-likeness (QED) is 0.164. The molecule has 5 rings (SSSR count). The molecule has 7 heteroatoms. The molecule has 0 bridgehead atoms. The maximum atomic E-state index is 12.6. The second-order valence-corrected chi connectivity index (χ2v) is 12.4. The molecule has 44 heavy (non-hydrogen) atoms. The van der Waals surface area contributed by atoms with E-state index < -0.39 is 11.8 Å². The van der Waals surface area contributed by atoms with Gasteiger partial charge < -0.3 is 23.8 Å². The topological polar surface area (TPSA) is 66.5 Å². The number of hydroxylamine groups is 2. The molecular formula is C37H43NO6. The van der Waals surface area contributed by atoms with Gasteiger partial charge in [0.25, 0.3) is 0 Å². The fraction of sp³-hybridized carbons (Fsp3) is 0.378. The lowest BCUT2D eigenvalue weighted by Gasteiger charge is -2.42. The van der Waals surface area contributed by atoms with E-state index in [1.165, 1.54) is 10.8 Å². The normalized spacial score (nSPS) is 19.1. The maximum Gasteiger partial charge on any atom is 0.528 e. The Morgan fingerprint density at radius 3 is 2.14 bits per heavy atom. The van der Waals surface area contributed by atoms with Gasteiger partial charge in [0.05, 0.1) is 39.1 Å². The summed E-state index contributed by atoms with van der Waals surface area (Å²) in [5, 5.41) is 4.02. The van der Waals surface area contributed by atoms with Gasteiger partial charge in [0, 0.05) is 25.5 Å². The predicted molar refractivity (Wildman–Crippen MR) is 171 cm³/mol. The number of fused-ring (bicyclic) bond motifs is 1. The summed E-state index contributed by atoms with van der Waals surface area (Å²) in [5.74, 6) is 0.0335. The third kappa shape index (κ3) is 8.89. The molecule has 1 aliphatic rings. The molecule has 1 fully saturated rings. The second-order valence-electron chi connectivity index (χ2n) is 12.4. The number of hydrogen-bond acceptors (Lipinski definition) is 7. The lowest BCUT2D eigenvalue weighted by molar-refractivity contribution is -0.195. The minimum atomic E-state index is -0.722. The van der Waals surface area contributed by atoms with Gasteiger partial charge in [0.1, 0.15) is 5.60 Å². The van der Waals surface area contributed by atoms with Crippen molar-refractivity contribution in [1.82, 2.24) is 5.06 Å². The van der Waals surface area contributed by atoms with Gasteiger partial charge >= 0.3 is 6.16 Å². The number of rotatable bonds is 11. The van der Waals surface area contributed by atoms with Crippen molar-refractivity contribution >= 4 is 16.9 Å². The van der Waals surface area contributed by atoms with Gasteiger partial charge in [-0.05, 0) is 59.9 Å². The van der Waals surface area contributed by atoms with Crippen molar-refractivity contribution in [3.63, 3.8) is 0 Å². The molecule has 0 N–H and O–H groups in total. The van der Waals surface area contributed by atoms with Crippen molar-refractivity contribution in [2.75, 3.05) is 26.8 Å². The molecule has 1 heterocycles. The summed E-state index contributed by atoms with van der Waals surface area (Å²) in [5.41, 5.74) is 3.84. The molecule has 1 saturated heterocycles. The summed E-state index contributed by atoms with van der Waals surface area (Å²) in [7, 11) is 1.70. The number of carbonyl (C=O) groups is 1. The number of hydrogen-bond donors (Lipinski definition) is 0. The first-order valence-corrected chi connectivity index (χ1v) is 15.2. The first-order valence-electron chi connectivity index (χ1n) is 15.2. The first-order chi connectivity index (χ1) is 21.3. The molecule has 3 unspecified atom stereocenters. The summed E-state index contributed by atoms with van der Waals surface area (Å²) >= 11 is 0. The zero-order valence-electron chi connectivity index (χ0n) is 26.1. The Balaban J connectivity index is 1.33. The SMILES string of the molecule is COCC1CN(OC(=O)OC(C)(C)C)CC(OCc2ccc3ccccc3c2)C1c1ccc(COCc2ccccc2)cc1. The van der Waals surface area contributed by atoms with E-state index in [1.54, 1.807) is 12.2 Å². The molecule has 0 saturated carbocycles. The highest BCUT2D eigenvalue weighted by atomic mass is 16.8. The maximum absolute atomic E-state index is 12.6. The third-order valence-electron chi connectivity index (χ3n) is 7.73. The smallest absolute Gasteiger partial charge is 0.427 e. The highest BCUT2D eigenvalue weighted by molar-refractivity contribution is 5.82. The second kappa shape index (κ2) is 14.8. The van der Waals surface area contributed by atoms with Crippen LogP contribution in [0.3, 0.4) is 0 Å². The minimum absolute atomic E-state index is 0.0120. The molecule has 0 spiro atoms. The van der Waals surface area contributed by atoms with Crippen LogP contribution in [0, 0.1) is 5.92 Å².